The third-order valence-corrected chi connectivity index (χ3v) is 4.45. The maximum atomic E-state index is 12.1. The summed E-state index contributed by atoms with van der Waals surface area (Å²) in [6.07, 6.45) is 3.67. The van der Waals surface area contributed by atoms with Crippen LogP contribution in [0.1, 0.15) is 32.8 Å². The number of benzene rings is 1. The normalized spacial score (nSPS) is 10.3. The number of nitrogens with one attached hydrogen (secondary N) is 1. The van der Waals surface area contributed by atoms with Crippen LogP contribution in [0.15, 0.2) is 48.8 Å². The summed E-state index contributed by atoms with van der Waals surface area (Å²) < 4.78 is 0. The van der Waals surface area contributed by atoms with Crippen LogP contribution in [0.2, 0.25) is 0 Å². The average molecular weight is 368 g/mol. The zero-order chi connectivity index (χ0) is 19.6. The molecule has 6 heteroatoms. The summed E-state index contributed by atoms with van der Waals surface area (Å²) in [5.74, 6) is -0.171. The van der Waals surface area contributed by atoms with Gasteiger partial charge >= 0.3 is 0 Å². The Morgan fingerprint density at radius 3 is 2.26 bits per heavy atom. The van der Waals surface area contributed by atoms with Crippen molar-refractivity contribution in [3.63, 3.8) is 0 Å². The average Bonchev–Trinajstić information content (AvgIpc) is 2.69. The van der Waals surface area contributed by atoms with E-state index in [2.05, 4.69) is 29.0 Å². The maximum absolute atomic E-state index is 12.1. The van der Waals surface area contributed by atoms with Crippen LogP contribution in [0.5, 0.6) is 0 Å². The summed E-state index contributed by atoms with van der Waals surface area (Å²) >= 11 is 0. The lowest BCUT2D eigenvalue weighted by Crippen LogP contribution is -2.33. The summed E-state index contributed by atoms with van der Waals surface area (Å²) in [5.41, 5.74) is 2.88. The topological polar surface area (TPSA) is 65.5 Å². The molecule has 0 saturated carbocycles. The molecule has 0 aliphatic rings. The highest BCUT2D eigenvalue weighted by atomic mass is 16.2. The standard InChI is InChI=1S/C21H28N4O2/c1-4-24(5-2)19-8-10-20(11-9-19)25(17(3)26)14-12-21(27)23-16-18-7-6-13-22-15-18/h6-11,13,15H,4-5,12,14,16H2,1-3H3,(H,23,27). The summed E-state index contributed by atoms with van der Waals surface area (Å²) in [6.45, 7) is 8.40. The first-order valence-electron chi connectivity index (χ1n) is 9.33. The molecule has 1 aromatic heterocycles. The van der Waals surface area contributed by atoms with Gasteiger partial charge in [-0.15, -0.1) is 0 Å². The molecule has 0 spiro atoms. The van der Waals surface area contributed by atoms with Crippen LogP contribution in [0.4, 0.5) is 11.4 Å². The van der Waals surface area contributed by atoms with Crippen LogP contribution in [0.25, 0.3) is 0 Å². The molecule has 0 saturated heterocycles. The second kappa shape index (κ2) is 10.3. The molecule has 0 aliphatic heterocycles. The number of hydrogen-bond donors (Lipinski definition) is 1. The highest BCUT2D eigenvalue weighted by molar-refractivity contribution is 5.92. The zero-order valence-corrected chi connectivity index (χ0v) is 16.3. The van der Waals surface area contributed by atoms with Crippen LogP contribution >= 0.6 is 0 Å². The molecule has 0 atom stereocenters. The van der Waals surface area contributed by atoms with E-state index in [-0.39, 0.29) is 18.2 Å². The Bertz CT molecular complexity index is 728. The monoisotopic (exact) mass is 368 g/mol. The fourth-order valence-corrected chi connectivity index (χ4v) is 2.91. The fourth-order valence-electron chi connectivity index (χ4n) is 2.91. The molecular weight excluding hydrogens is 340 g/mol. The van der Waals surface area contributed by atoms with Crippen molar-refractivity contribution in [1.29, 1.82) is 0 Å². The second-order valence-electron chi connectivity index (χ2n) is 6.25. The van der Waals surface area contributed by atoms with Crippen molar-refractivity contribution in [2.24, 2.45) is 0 Å². The molecule has 1 heterocycles. The molecule has 27 heavy (non-hydrogen) atoms. The van der Waals surface area contributed by atoms with Crippen molar-refractivity contribution < 1.29 is 9.59 Å². The molecule has 6 nitrogen and oxygen atoms in total. The summed E-state index contributed by atoms with van der Waals surface area (Å²) in [4.78, 5) is 32.1. The maximum Gasteiger partial charge on any atom is 0.223 e. The van der Waals surface area contributed by atoms with Gasteiger partial charge in [-0.1, -0.05) is 6.07 Å². The summed E-state index contributed by atoms with van der Waals surface area (Å²) in [5, 5.41) is 2.86. The third-order valence-electron chi connectivity index (χ3n) is 4.45. The first-order chi connectivity index (χ1) is 13.0. The van der Waals surface area contributed by atoms with Gasteiger partial charge in [0.05, 0.1) is 0 Å². The van der Waals surface area contributed by atoms with Crippen LogP contribution in [-0.4, -0.2) is 36.4 Å². The van der Waals surface area contributed by atoms with Gasteiger partial charge < -0.3 is 15.1 Å². The molecule has 2 amide bonds. The minimum atomic E-state index is -0.0927. The van der Waals surface area contributed by atoms with Gasteiger partial charge in [0, 0.05) is 63.3 Å². The number of anilines is 2. The zero-order valence-electron chi connectivity index (χ0n) is 16.3. The van der Waals surface area contributed by atoms with E-state index in [1.165, 1.54) is 6.92 Å². The fraction of sp³-hybridized carbons (Fsp3) is 0.381. The van der Waals surface area contributed by atoms with Gasteiger partial charge in [0.25, 0.3) is 0 Å². The van der Waals surface area contributed by atoms with Gasteiger partial charge in [-0.25, -0.2) is 0 Å². The van der Waals surface area contributed by atoms with Gasteiger partial charge in [0.1, 0.15) is 0 Å². The van der Waals surface area contributed by atoms with Crippen LogP contribution in [-0.2, 0) is 16.1 Å². The van der Waals surface area contributed by atoms with E-state index >= 15 is 0 Å². The van der Waals surface area contributed by atoms with E-state index in [1.807, 2.05) is 36.4 Å². The van der Waals surface area contributed by atoms with Crippen molar-refractivity contribution in [3.05, 3.63) is 54.4 Å². The Morgan fingerprint density at radius 1 is 1.04 bits per heavy atom. The smallest absolute Gasteiger partial charge is 0.223 e. The summed E-state index contributed by atoms with van der Waals surface area (Å²) in [6, 6.07) is 11.6. The van der Waals surface area contributed by atoms with Gasteiger partial charge in [-0.2, -0.15) is 0 Å². The molecular formula is C21H28N4O2. The number of rotatable bonds is 9. The van der Waals surface area contributed by atoms with E-state index in [4.69, 9.17) is 0 Å². The summed E-state index contributed by atoms with van der Waals surface area (Å²) in [7, 11) is 0. The quantitative estimate of drug-likeness (QED) is 0.739. The van der Waals surface area contributed by atoms with Crippen LogP contribution in [0.3, 0.4) is 0 Å². The van der Waals surface area contributed by atoms with E-state index in [1.54, 1.807) is 17.3 Å². The highest BCUT2D eigenvalue weighted by Gasteiger charge is 2.14. The lowest BCUT2D eigenvalue weighted by atomic mass is 10.2. The van der Waals surface area contributed by atoms with Gasteiger partial charge in [-0.3, -0.25) is 14.6 Å². The number of carbonyl (C=O) groups excluding carboxylic acids is 2. The number of hydrogen-bond acceptors (Lipinski definition) is 4. The minimum Gasteiger partial charge on any atom is -0.372 e. The number of aromatic nitrogens is 1. The Hall–Kier alpha value is -2.89. The van der Waals surface area contributed by atoms with Crippen molar-refractivity contribution in [2.75, 3.05) is 29.4 Å². The predicted molar refractivity (Wildman–Crippen MR) is 109 cm³/mol. The number of pyridine rings is 1. The van der Waals surface area contributed by atoms with Crippen molar-refractivity contribution in [2.45, 2.75) is 33.7 Å². The van der Waals surface area contributed by atoms with Gasteiger partial charge in [-0.05, 0) is 49.7 Å². The Morgan fingerprint density at radius 2 is 1.70 bits per heavy atom. The molecule has 0 fully saturated rings. The molecule has 144 valence electrons. The Balaban J connectivity index is 1.93. The number of carbonyl (C=O) groups is 2. The number of amides is 2. The molecule has 0 bridgehead atoms. The Labute approximate surface area is 161 Å². The molecule has 0 aliphatic carbocycles. The van der Waals surface area contributed by atoms with Crippen molar-refractivity contribution in [3.8, 4) is 0 Å². The molecule has 0 radical (unpaired) electrons. The van der Waals surface area contributed by atoms with E-state index in [0.29, 0.717) is 13.1 Å². The second-order valence-corrected chi connectivity index (χ2v) is 6.25. The number of nitrogens with zero attached hydrogens (tertiary/aromatic N) is 3. The van der Waals surface area contributed by atoms with E-state index in [0.717, 1.165) is 30.0 Å². The lowest BCUT2D eigenvalue weighted by molar-refractivity contribution is -0.121. The molecule has 0 unspecified atom stereocenters. The molecule has 2 rings (SSSR count). The van der Waals surface area contributed by atoms with Crippen molar-refractivity contribution in [1.82, 2.24) is 10.3 Å². The third kappa shape index (κ3) is 6.09. The van der Waals surface area contributed by atoms with Crippen LogP contribution in [0, 0.1) is 0 Å². The van der Waals surface area contributed by atoms with Gasteiger partial charge in [0.2, 0.25) is 11.8 Å². The van der Waals surface area contributed by atoms with Gasteiger partial charge in [0.15, 0.2) is 0 Å². The SMILES string of the molecule is CCN(CC)c1ccc(N(CCC(=O)NCc2cccnc2)C(C)=O)cc1. The van der Waals surface area contributed by atoms with E-state index in [9.17, 15) is 9.59 Å². The molecule has 1 N–H and O–H groups in total. The van der Waals surface area contributed by atoms with Crippen LogP contribution < -0.4 is 15.1 Å². The highest BCUT2D eigenvalue weighted by Crippen LogP contribution is 2.21. The van der Waals surface area contributed by atoms with Crippen molar-refractivity contribution >= 4 is 23.2 Å². The largest absolute Gasteiger partial charge is 0.372 e. The molecule has 2 aromatic rings. The Kier molecular flexibility index (Phi) is 7.79. The van der Waals surface area contributed by atoms with E-state index < -0.39 is 0 Å². The first-order valence-corrected chi connectivity index (χ1v) is 9.33. The lowest BCUT2D eigenvalue weighted by Gasteiger charge is -2.24. The predicted octanol–water partition coefficient (Wildman–Crippen LogP) is 2.99. The minimum absolute atomic E-state index is 0.0781. The first kappa shape index (κ1) is 20.4. The molecule has 1 aromatic carbocycles.